The average Bonchev–Trinajstić information content (AvgIpc) is 3.07. The molecule has 0 unspecified atom stereocenters. The topological polar surface area (TPSA) is 67.6 Å². The van der Waals surface area contributed by atoms with Crippen LogP contribution in [0.4, 0.5) is 13.2 Å². The van der Waals surface area contributed by atoms with E-state index in [0.717, 1.165) is 19.5 Å². The number of halogens is 3. The van der Waals surface area contributed by atoms with Crippen LogP contribution in [0.2, 0.25) is 0 Å². The lowest BCUT2D eigenvalue weighted by Crippen LogP contribution is -2.39. The maximum absolute atomic E-state index is 12.7. The van der Waals surface area contributed by atoms with E-state index in [4.69, 9.17) is 4.52 Å². The van der Waals surface area contributed by atoms with Crippen LogP contribution in [0.3, 0.4) is 0 Å². The quantitative estimate of drug-likeness (QED) is 0.660. The lowest BCUT2D eigenvalue weighted by molar-refractivity contribution is -0.274. The van der Waals surface area contributed by atoms with E-state index in [-0.39, 0.29) is 23.0 Å². The van der Waals surface area contributed by atoms with Gasteiger partial charge in [-0.1, -0.05) is 11.6 Å². The SMILES string of the molecule is Cc1noc(-c2ccc(OC(F)(F)F)cc2)c1C(=O)NCCCN1CCCC[C@@H]1C. The molecule has 0 spiro atoms. The third kappa shape index (κ3) is 5.75. The molecule has 0 bridgehead atoms. The summed E-state index contributed by atoms with van der Waals surface area (Å²) in [5.74, 6) is -0.445. The number of aromatic nitrogens is 1. The van der Waals surface area contributed by atoms with Gasteiger partial charge < -0.3 is 19.5 Å². The van der Waals surface area contributed by atoms with Crippen molar-refractivity contribution < 1.29 is 27.2 Å². The molecule has 30 heavy (non-hydrogen) atoms. The van der Waals surface area contributed by atoms with E-state index < -0.39 is 6.36 Å². The molecule has 1 saturated heterocycles. The van der Waals surface area contributed by atoms with E-state index >= 15 is 0 Å². The van der Waals surface area contributed by atoms with Gasteiger partial charge in [-0.3, -0.25) is 4.79 Å². The van der Waals surface area contributed by atoms with Crippen molar-refractivity contribution in [3.8, 4) is 17.1 Å². The molecule has 1 N–H and O–H groups in total. The van der Waals surface area contributed by atoms with Gasteiger partial charge in [0.2, 0.25) is 0 Å². The number of piperidine rings is 1. The van der Waals surface area contributed by atoms with Crippen LogP contribution in [0.5, 0.6) is 5.75 Å². The van der Waals surface area contributed by atoms with E-state index in [0.29, 0.717) is 23.8 Å². The lowest BCUT2D eigenvalue weighted by Gasteiger charge is -2.33. The number of likely N-dealkylation sites (tertiary alicyclic amines) is 1. The molecule has 0 saturated carbocycles. The molecule has 9 heteroatoms. The van der Waals surface area contributed by atoms with Gasteiger partial charge in [-0.25, -0.2) is 0 Å². The van der Waals surface area contributed by atoms with Gasteiger partial charge in [0.05, 0.1) is 5.69 Å². The highest BCUT2D eigenvalue weighted by molar-refractivity contribution is 6.00. The second-order valence-electron chi connectivity index (χ2n) is 7.53. The zero-order valence-electron chi connectivity index (χ0n) is 17.1. The van der Waals surface area contributed by atoms with Crippen molar-refractivity contribution >= 4 is 5.91 Å². The summed E-state index contributed by atoms with van der Waals surface area (Å²) < 4.78 is 46.1. The number of alkyl halides is 3. The van der Waals surface area contributed by atoms with Crippen molar-refractivity contribution in [1.29, 1.82) is 0 Å². The number of amides is 1. The summed E-state index contributed by atoms with van der Waals surface area (Å²) in [5.41, 5.74) is 1.14. The van der Waals surface area contributed by atoms with Crippen LogP contribution in [0.15, 0.2) is 28.8 Å². The first kappa shape index (κ1) is 22.1. The van der Waals surface area contributed by atoms with Crippen molar-refractivity contribution in [2.75, 3.05) is 19.6 Å². The minimum Gasteiger partial charge on any atom is -0.406 e. The number of hydrogen-bond donors (Lipinski definition) is 1. The maximum Gasteiger partial charge on any atom is 0.573 e. The van der Waals surface area contributed by atoms with Crippen LogP contribution in [0.25, 0.3) is 11.3 Å². The highest BCUT2D eigenvalue weighted by Crippen LogP contribution is 2.29. The minimum absolute atomic E-state index is 0.216. The standard InChI is InChI=1S/C21H26F3N3O3/c1-14-6-3-4-12-27(14)13-5-11-25-20(28)18-15(2)26-30-19(18)16-7-9-17(10-8-16)29-21(22,23)24/h7-10,14H,3-6,11-13H2,1-2H3,(H,25,28)/t14-/m0/s1. The summed E-state index contributed by atoms with van der Waals surface area (Å²) in [4.78, 5) is 15.1. The summed E-state index contributed by atoms with van der Waals surface area (Å²) in [6.45, 7) is 6.42. The van der Waals surface area contributed by atoms with Gasteiger partial charge in [0.25, 0.3) is 5.91 Å². The number of ether oxygens (including phenoxy) is 1. The van der Waals surface area contributed by atoms with Gasteiger partial charge in [-0.15, -0.1) is 13.2 Å². The van der Waals surface area contributed by atoms with E-state index in [1.54, 1.807) is 6.92 Å². The van der Waals surface area contributed by atoms with Crippen LogP contribution in [0, 0.1) is 6.92 Å². The summed E-state index contributed by atoms with van der Waals surface area (Å²) >= 11 is 0. The number of carbonyl (C=O) groups is 1. The number of aryl methyl sites for hydroxylation is 1. The Morgan fingerprint density at radius 2 is 2.03 bits per heavy atom. The van der Waals surface area contributed by atoms with Gasteiger partial charge in [-0.05, 0) is 63.9 Å². The molecule has 1 aliphatic heterocycles. The van der Waals surface area contributed by atoms with E-state index in [1.165, 1.54) is 43.5 Å². The highest BCUT2D eigenvalue weighted by Gasteiger charge is 2.31. The molecule has 1 fully saturated rings. The summed E-state index contributed by atoms with van der Waals surface area (Å²) in [5, 5.41) is 6.75. The Morgan fingerprint density at radius 1 is 1.30 bits per heavy atom. The Morgan fingerprint density at radius 3 is 2.70 bits per heavy atom. The fourth-order valence-electron chi connectivity index (χ4n) is 3.70. The molecular weight excluding hydrogens is 399 g/mol. The Labute approximate surface area is 173 Å². The molecule has 6 nitrogen and oxygen atoms in total. The lowest BCUT2D eigenvalue weighted by atomic mass is 10.0. The molecule has 0 radical (unpaired) electrons. The fraction of sp³-hybridized carbons (Fsp3) is 0.524. The van der Waals surface area contributed by atoms with Crippen molar-refractivity contribution in [1.82, 2.24) is 15.4 Å². The normalized spacial score (nSPS) is 17.7. The zero-order valence-corrected chi connectivity index (χ0v) is 17.1. The molecule has 164 valence electrons. The summed E-state index contributed by atoms with van der Waals surface area (Å²) in [6.07, 6.45) is -0.233. The Hall–Kier alpha value is -2.55. The maximum atomic E-state index is 12.7. The Bertz CT molecular complexity index is 849. The number of carbonyl (C=O) groups excluding carboxylic acids is 1. The van der Waals surface area contributed by atoms with Crippen LogP contribution in [-0.2, 0) is 0 Å². The molecule has 3 rings (SSSR count). The highest BCUT2D eigenvalue weighted by atomic mass is 19.4. The first-order valence-corrected chi connectivity index (χ1v) is 10.1. The van der Waals surface area contributed by atoms with Crippen molar-refractivity contribution in [2.24, 2.45) is 0 Å². The number of nitrogens with one attached hydrogen (secondary N) is 1. The minimum atomic E-state index is -4.76. The second kappa shape index (κ2) is 9.51. The third-order valence-corrected chi connectivity index (χ3v) is 5.29. The molecule has 1 aromatic heterocycles. The van der Waals surface area contributed by atoms with Crippen molar-refractivity contribution in [2.45, 2.75) is 51.9 Å². The van der Waals surface area contributed by atoms with Gasteiger partial charge in [0.15, 0.2) is 5.76 Å². The van der Waals surface area contributed by atoms with Crippen molar-refractivity contribution in [3.05, 3.63) is 35.5 Å². The first-order chi connectivity index (χ1) is 14.2. The predicted molar refractivity (Wildman–Crippen MR) is 105 cm³/mol. The average molecular weight is 425 g/mol. The fourth-order valence-corrected chi connectivity index (χ4v) is 3.70. The smallest absolute Gasteiger partial charge is 0.406 e. The first-order valence-electron chi connectivity index (χ1n) is 10.1. The second-order valence-corrected chi connectivity index (χ2v) is 7.53. The van der Waals surface area contributed by atoms with Gasteiger partial charge in [0, 0.05) is 24.7 Å². The van der Waals surface area contributed by atoms with Crippen molar-refractivity contribution in [3.63, 3.8) is 0 Å². The Balaban J connectivity index is 1.60. The molecule has 1 aromatic carbocycles. The number of nitrogens with zero attached hydrogens (tertiary/aromatic N) is 2. The monoisotopic (exact) mass is 425 g/mol. The molecule has 0 aliphatic carbocycles. The van der Waals surface area contributed by atoms with Crippen LogP contribution in [-0.4, -0.2) is 48.0 Å². The number of benzene rings is 1. The third-order valence-electron chi connectivity index (χ3n) is 5.29. The largest absolute Gasteiger partial charge is 0.573 e. The van der Waals surface area contributed by atoms with Gasteiger partial charge >= 0.3 is 6.36 Å². The number of hydrogen-bond acceptors (Lipinski definition) is 5. The molecule has 1 aliphatic rings. The zero-order chi connectivity index (χ0) is 21.7. The van der Waals surface area contributed by atoms with E-state index in [9.17, 15) is 18.0 Å². The number of rotatable bonds is 7. The molecular formula is C21H26F3N3O3. The van der Waals surface area contributed by atoms with E-state index in [1.807, 2.05) is 0 Å². The predicted octanol–water partition coefficient (Wildman–Crippen LogP) is 4.54. The summed E-state index contributed by atoms with van der Waals surface area (Å²) in [7, 11) is 0. The molecule has 1 atom stereocenters. The van der Waals surface area contributed by atoms with Crippen LogP contribution in [0.1, 0.15) is 48.7 Å². The Kier molecular flexibility index (Phi) is 7.02. The van der Waals surface area contributed by atoms with Crippen LogP contribution >= 0.6 is 0 Å². The van der Waals surface area contributed by atoms with Gasteiger partial charge in [0.1, 0.15) is 11.3 Å². The molecule has 2 aromatic rings. The summed E-state index contributed by atoms with van der Waals surface area (Å²) in [6, 6.07) is 5.71. The molecule has 1 amide bonds. The molecule has 2 heterocycles. The van der Waals surface area contributed by atoms with E-state index in [2.05, 4.69) is 27.0 Å². The van der Waals surface area contributed by atoms with Crippen LogP contribution < -0.4 is 10.1 Å². The van der Waals surface area contributed by atoms with Gasteiger partial charge in [-0.2, -0.15) is 0 Å².